The van der Waals surface area contributed by atoms with Crippen LogP contribution in [0.25, 0.3) is 0 Å². The molecule has 0 fully saturated rings. The van der Waals surface area contributed by atoms with Crippen molar-refractivity contribution in [2.45, 2.75) is 6.92 Å². The Morgan fingerprint density at radius 1 is 1.00 bits per heavy atom. The van der Waals surface area contributed by atoms with Crippen molar-refractivity contribution in [1.82, 2.24) is 0 Å². The Balaban J connectivity index is 2.43. The molecule has 0 aromatic heterocycles. The van der Waals surface area contributed by atoms with Crippen LogP contribution < -0.4 is 9.47 Å². The van der Waals surface area contributed by atoms with Crippen molar-refractivity contribution >= 4 is 17.4 Å². The Kier molecular flexibility index (Phi) is 4.70. The van der Waals surface area contributed by atoms with Crippen molar-refractivity contribution in [3.8, 4) is 11.5 Å². The summed E-state index contributed by atoms with van der Waals surface area (Å²) in [6.07, 6.45) is 0. The average molecular weight is 315 g/mol. The molecule has 0 spiro atoms. The minimum atomic E-state index is -0.940. The molecule has 0 unspecified atom stereocenters. The van der Waals surface area contributed by atoms with Crippen LogP contribution >= 0.6 is 0 Å². The first-order valence-electron chi connectivity index (χ1n) is 6.59. The van der Waals surface area contributed by atoms with Gasteiger partial charge in [0.1, 0.15) is 11.3 Å². The van der Waals surface area contributed by atoms with E-state index in [1.165, 1.54) is 44.4 Å². The summed E-state index contributed by atoms with van der Waals surface area (Å²) < 4.78 is 10.1. The van der Waals surface area contributed by atoms with Crippen LogP contribution in [0.2, 0.25) is 0 Å². The third-order valence-corrected chi connectivity index (χ3v) is 3.09. The van der Waals surface area contributed by atoms with Gasteiger partial charge in [-0.15, -0.1) is 0 Å². The second-order valence-electron chi connectivity index (χ2n) is 4.56. The number of carbonyl (C=O) groups excluding carboxylic acids is 2. The number of hydrogen-bond donors (Lipinski definition) is 0. The normalized spacial score (nSPS) is 10.0. The number of hydrogen-bond acceptors (Lipinski definition) is 6. The number of rotatable bonds is 5. The third kappa shape index (κ3) is 3.34. The summed E-state index contributed by atoms with van der Waals surface area (Å²) in [5.41, 5.74) is -0.528. The highest BCUT2D eigenvalue weighted by atomic mass is 16.6. The van der Waals surface area contributed by atoms with Crippen molar-refractivity contribution in [2.75, 3.05) is 7.11 Å². The zero-order valence-electron chi connectivity index (χ0n) is 12.4. The van der Waals surface area contributed by atoms with Crippen LogP contribution in [0.4, 0.5) is 5.69 Å². The number of Topliss-reactive ketones (excluding diaryl/α,β-unsaturated/α-hetero) is 1. The maximum Gasteiger partial charge on any atom is 0.350 e. The lowest BCUT2D eigenvalue weighted by Crippen LogP contribution is -2.13. The van der Waals surface area contributed by atoms with E-state index >= 15 is 0 Å². The van der Waals surface area contributed by atoms with E-state index in [1.54, 1.807) is 12.1 Å². The summed E-state index contributed by atoms with van der Waals surface area (Å²) >= 11 is 0. The topological polar surface area (TPSA) is 95.7 Å². The summed E-state index contributed by atoms with van der Waals surface area (Å²) in [5, 5.41) is 11.2. The first kappa shape index (κ1) is 16.2. The number of nitrogens with zero attached hydrogens (tertiary/aromatic N) is 1. The molecule has 118 valence electrons. The van der Waals surface area contributed by atoms with Gasteiger partial charge in [-0.25, -0.2) is 4.79 Å². The molecule has 0 aliphatic carbocycles. The molecular formula is C16H13NO6. The van der Waals surface area contributed by atoms with Gasteiger partial charge in [0.05, 0.1) is 17.6 Å². The first-order chi connectivity index (χ1) is 11.0. The Labute approximate surface area is 131 Å². The van der Waals surface area contributed by atoms with Gasteiger partial charge >= 0.3 is 11.7 Å². The maximum atomic E-state index is 12.3. The Bertz CT molecular complexity index is 784. The lowest BCUT2D eigenvalue weighted by Gasteiger charge is -2.09. The van der Waals surface area contributed by atoms with Gasteiger partial charge in [0.2, 0.25) is 0 Å². The fourth-order valence-corrected chi connectivity index (χ4v) is 2.04. The molecule has 7 nitrogen and oxygen atoms in total. The van der Waals surface area contributed by atoms with Gasteiger partial charge in [-0.1, -0.05) is 18.2 Å². The molecule has 0 bridgehead atoms. The minimum absolute atomic E-state index is 0.0436. The number of carbonyl (C=O) groups is 2. The molecule has 23 heavy (non-hydrogen) atoms. The van der Waals surface area contributed by atoms with Gasteiger partial charge in [-0.05, 0) is 31.2 Å². The minimum Gasteiger partial charge on any atom is -0.490 e. The highest BCUT2D eigenvalue weighted by Crippen LogP contribution is 2.31. The lowest BCUT2D eigenvalue weighted by atomic mass is 10.1. The second-order valence-corrected chi connectivity index (χ2v) is 4.56. The van der Waals surface area contributed by atoms with Crippen molar-refractivity contribution in [1.29, 1.82) is 0 Å². The third-order valence-electron chi connectivity index (χ3n) is 3.09. The molecular weight excluding hydrogens is 302 g/mol. The summed E-state index contributed by atoms with van der Waals surface area (Å²) in [5.74, 6) is -1.23. The fourth-order valence-electron chi connectivity index (χ4n) is 2.04. The van der Waals surface area contributed by atoms with Crippen LogP contribution in [-0.2, 0) is 0 Å². The SMILES string of the molecule is COc1cccc(C(=O)Oc2ccccc2C(C)=O)c1[N+](=O)[O-]. The van der Waals surface area contributed by atoms with E-state index in [0.29, 0.717) is 0 Å². The zero-order valence-corrected chi connectivity index (χ0v) is 12.4. The van der Waals surface area contributed by atoms with Crippen LogP contribution in [0, 0.1) is 10.1 Å². The predicted molar refractivity (Wildman–Crippen MR) is 81.1 cm³/mol. The van der Waals surface area contributed by atoms with Gasteiger partial charge in [0.15, 0.2) is 11.5 Å². The quantitative estimate of drug-likeness (QED) is 0.277. The molecule has 0 atom stereocenters. The molecule has 2 aromatic rings. The van der Waals surface area contributed by atoms with E-state index in [-0.39, 0.29) is 28.4 Å². The first-order valence-corrected chi connectivity index (χ1v) is 6.59. The van der Waals surface area contributed by atoms with Gasteiger partial charge in [-0.2, -0.15) is 0 Å². The predicted octanol–water partition coefficient (Wildman–Crippen LogP) is 3.03. The van der Waals surface area contributed by atoms with Crippen LogP contribution in [0.15, 0.2) is 42.5 Å². The van der Waals surface area contributed by atoms with E-state index in [9.17, 15) is 19.7 Å². The highest BCUT2D eigenvalue weighted by Gasteiger charge is 2.27. The fraction of sp³-hybridized carbons (Fsp3) is 0.125. The summed E-state index contributed by atoms with van der Waals surface area (Å²) in [6, 6.07) is 10.2. The van der Waals surface area contributed by atoms with Gasteiger partial charge in [0.25, 0.3) is 0 Å². The average Bonchev–Trinajstić information content (AvgIpc) is 2.54. The Morgan fingerprint density at radius 2 is 1.61 bits per heavy atom. The Hall–Kier alpha value is -3.22. The molecule has 0 saturated carbocycles. The summed E-state index contributed by atoms with van der Waals surface area (Å²) in [6.45, 7) is 1.33. The van der Waals surface area contributed by atoms with Crippen molar-refractivity contribution in [2.24, 2.45) is 0 Å². The van der Waals surface area contributed by atoms with E-state index in [4.69, 9.17) is 9.47 Å². The number of nitro benzene ring substituents is 1. The smallest absolute Gasteiger partial charge is 0.350 e. The number of esters is 1. The molecule has 2 rings (SSSR count). The largest absolute Gasteiger partial charge is 0.490 e. The van der Waals surface area contributed by atoms with E-state index in [0.717, 1.165) is 0 Å². The molecule has 7 heteroatoms. The van der Waals surface area contributed by atoms with Gasteiger partial charge < -0.3 is 9.47 Å². The molecule has 0 N–H and O–H groups in total. The van der Waals surface area contributed by atoms with Gasteiger partial charge in [0, 0.05) is 0 Å². The van der Waals surface area contributed by atoms with Crippen LogP contribution in [-0.4, -0.2) is 23.8 Å². The monoisotopic (exact) mass is 315 g/mol. The number of benzene rings is 2. The molecule has 0 radical (unpaired) electrons. The molecule has 0 amide bonds. The summed E-state index contributed by atoms with van der Waals surface area (Å²) in [4.78, 5) is 34.3. The number of para-hydroxylation sites is 2. The maximum absolute atomic E-state index is 12.3. The molecule has 0 aliphatic heterocycles. The summed E-state index contributed by atoms with van der Waals surface area (Å²) in [7, 11) is 1.27. The number of methoxy groups -OCH3 is 1. The van der Waals surface area contributed by atoms with Crippen molar-refractivity contribution in [3.05, 3.63) is 63.7 Å². The van der Waals surface area contributed by atoms with Crippen LogP contribution in [0.1, 0.15) is 27.6 Å². The standard InChI is InChI=1S/C16H13NO6/c1-10(18)11-6-3-4-8-13(11)23-16(19)12-7-5-9-14(22-2)15(12)17(20)21/h3-9H,1-2H3. The second kappa shape index (κ2) is 6.69. The van der Waals surface area contributed by atoms with E-state index < -0.39 is 16.6 Å². The van der Waals surface area contributed by atoms with Crippen molar-refractivity contribution < 1.29 is 24.0 Å². The Morgan fingerprint density at radius 3 is 2.22 bits per heavy atom. The van der Waals surface area contributed by atoms with Gasteiger partial charge in [-0.3, -0.25) is 14.9 Å². The van der Waals surface area contributed by atoms with Crippen molar-refractivity contribution in [3.63, 3.8) is 0 Å². The highest BCUT2D eigenvalue weighted by molar-refractivity contribution is 6.00. The molecule has 0 aliphatic rings. The number of ketones is 1. The molecule has 0 saturated heterocycles. The number of nitro groups is 1. The lowest BCUT2D eigenvalue weighted by molar-refractivity contribution is -0.386. The van der Waals surface area contributed by atoms with Crippen LogP contribution in [0.3, 0.4) is 0 Å². The van der Waals surface area contributed by atoms with E-state index in [1.807, 2.05) is 0 Å². The molecule has 0 heterocycles. The van der Waals surface area contributed by atoms with E-state index in [2.05, 4.69) is 0 Å². The number of ether oxygens (including phenoxy) is 2. The molecule has 2 aromatic carbocycles. The zero-order chi connectivity index (χ0) is 17.0. The van der Waals surface area contributed by atoms with Crippen LogP contribution in [0.5, 0.6) is 11.5 Å².